The predicted molar refractivity (Wildman–Crippen MR) is 75.0 cm³/mol. The van der Waals surface area contributed by atoms with Crippen LogP contribution in [-0.2, 0) is 5.41 Å². The molecule has 1 aliphatic rings. The van der Waals surface area contributed by atoms with E-state index in [9.17, 15) is 4.39 Å². The fourth-order valence-corrected chi connectivity index (χ4v) is 2.42. The van der Waals surface area contributed by atoms with Crippen LogP contribution in [0.25, 0.3) is 11.1 Å². The second kappa shape index (κ2) is 4.37. The van der Waals surface area contributed by atoms with Gasteiger partial charge in [0.1, 0.15) is 0 Å². The Balaban J connectivity index is 1.98. The SMILES string of the molecule is COc1cccc(-c2ccc(C3(C)CC3)cc2)c1F. The fraction of sp³-hybridized carbons (Fsp3) is 0.294. The Labute approximate surface area is 113 Å². The maximum absolute atomic E-state index is 14.2. The maximum Gasteiger partial charge on any atom is 0.172 e. The van der Waals surface area contributed by atoms with Gasteiger partial charge in [0.05, 0.1) is 7.11 Å². The lowest BCUT2D eigenvalue weighted by Gasteiger charge is -2.11. The van der Waals surface area contributed by atoms with Crippen LogP contribution in [0, 0.1) is 5.82 Å². The zero-order chi connectivity index (χ0) is 13.5. The molecule has 3 rings (SSSR count). The molecule has 1 fully saturated rings. The zero-order valence-corrected chi connectivity index (χ0v) is 11.2. The molecule has 0 unspecified atom stereocenters. The summed E-state index contributed by atoms with van der Waals surface area (Å²) in [7, 11) is 1.49. The van der Waals surface area contributed by atoms with Crippen molar-refractivity contribution >= 4 is 0 Å². The summed E-state index contributed by atoms with van der Waals surface area (Å²) in [4.78, 5) is 0. The minimum atomic E-state index is -0.296. The van der Waals surface area contributed by atoms with E-state index < -0.39 is 0 Å². The van der Waals surface area contributed by atoms with Gasteiger partial charge in [0.15, 0.2) is 11.6 Å². The van der Waals surface area contributed by atoms with Crippen molar-refractivity contribution in [1.29, 1.82) is 0 Å². The van der Waals surface area contributed by atoms with Crippen LogP contribution < -0.4 is 4.74 Å². The third-order valence-electron chi connectivity index (χ3n) is 4.08. The van der Waals surface area contributed by atoms with Gasteiger partial charge in [-0.05, 0) is 35.4 Å². The van der Waals surface area contributed by atoms with E-state index in [1.807, 2.05) is 18.2 Å². The molecule has 0 aliphatic heterocycles. The van der Waals surface area contributed by atoms with Crippen molar-refractivity contribution in [3.05, 3.63) is 53.8 Å². The van der Waals surface area contributed by atoms with Gasteiger partial charge in [-0.15, -0.1) is 0 Å². The van der Waals surface area contributed by atoms with Crippen molar-refractivity contribution in [1.82, 2.24) is 0 Å². The van der Waals surface area contributed by atoms with Crippen LogP contribution in [0.3, 0.4) is 0 Å². The van der Waals surface area contributed by atoms with Crippen molar-refractivity contribution in [2.45, 2.75) is 25.2 Å². The van der Waals surface area contributed by atoms with Crippen LogP contribution in [0.4, 0.5) is 4.39 Å². The van der Waals surface area contributed by atoms with Crippen LogP contribution in [0.2, 0.25) is 0 Å². The Morgan fingerprint density at radius 1 is 1.05 bits per heavy atom. The molecule has 19 heavy (non-hydrogen) atoms. The van der Waals surface area contributed by atoms with Crippen molar-refractivity contribution in [2.75, 3.05) is 7.11 Å². The first kappa shape index (κ1) is 12.2. The van der Waals surface area contributed by atoms with Crippen molar-refractivity contribution in [2.24, 2.45) is 0 Å². The summed E-state index contributed by atoms with van der Waals surface area (Å²) >= 11 is 0. The fourth-order valence-electron chi connectivity index (χ4n) is 2.42. The van der Waals surface area contributed by atoms with E-state index in [4.69, 9.17) is 4.74 Å². The molecule has 1 nitrogen and oxygen atoms in total. The van der Waals surface area contributed by atoms with E-state index in [0.29, 0.717) is 11.0 Å². The highest BCUT2D eigenvalue weighted by Crippen LogP contribution is 2.47. The summed E-state index contributed by atoms with van der Waals surface area (Å²) in [6.45, 7) is 2.27. The smallest absolute Gasteiger partial charge is 0.172 e. The lowest BCUT2D eigenvalue weighted by atomic mass is 9.95. The van der Waals surface area contributed by atoms with E-state index in [1.54, 1.807) is 12.1 Å². The van der Waals surface area contributed by atoms with E-state index in [2.05, 4.69) is 19.1 Å². The molecular formula is C17H17FO. The second-order valence-electron chi connectivity index (χ2n) is 5.46. The molecular weight excluding hydrogens is 239 g/mol. The van der Waals surface area contributed by atoms with Crippen LogP contribution >= 0.6 is 0 Å². The van der Waals surface area contributed by atoms with Gasteiger partial charge < -0.3 is 4.74 Å². The third-order valence-corrected chi connectivity index (χ3v) is 4.08. The van der Waals surface area contributed by atoms with Gasteiger partial charge in [-0.3, -0.25) is 0 Å². The van der Waals surface area contributed by atoms with E-state index in [-0.39, 0.29) is 11.6 Å². The highest BCUT2D eigenvalue weighted by Gasteiger charge is 2.38. The molecule has 0 amide bonds. The molecule has 2 aromatic rings. The quantitative estimate of drug-likeness (QED) is 0.782. The van der Waals surface area contributed by atoms with Crippen LogP contribution in [-0.4, -0.2) is 7.11 Å². The molecule has 0 spiro atoms. The second-order valence-corrected chi connectivity index (χ2v) is 5.46. The van der Waals surface area contributed by atoms with E-state index >= 15 is 0 Å². The maximum atomic E-state index is 14.2. The number of methoxy groups -OCH3 is 1. The summed E-state index contributed by atoms with van der Waals surface area (Å²) in [5, 5.41) is 0. The molecule has 2 heteroatoms. The molecule has 0 radical (unpaired) electrons. The van der Waals surface area contributed by atoms with Crippen molar-refractivity contribution < 1.29 is 9.13 Å². The first-order valence-electron chi connectivity index (χ1n) is 6.57. The Bertz CT molecular complexity index is 597. The first-order valence-corrected chi connectivity index (χ1v) is 6.57. The summed E-state index contributed by atoms with van der Waals surface area (Å²) < 4.78 is 19.2. The molecule has 98 valence electrons. The van der Waals surface area contributed by atoms with Crippen molar-refractivity contribution in [3.8, 4) is 16.9 Å². The molecule has 0 bridgehead atoms. The average Bonchev–Trinajstić information content (AvgIpc) is 3.19. The molecule has 1 aliphatic carbocycles. The highest BCUT2D eigenvalue weighted by molar-refractivity contribution is 5.66. The zero-order valence-electron chi connectivity index (χ0n) is 11.2. The molecule has 0 atom stereocenters. The van der Waals surface area contributed by atoms with Crippen LogP contribution in [0.5, 0.6) is 5.75 Å². The lowest BCUT2D eigenvalue weighted by molar-refractivity contribution is 0.387. The summed E-state index contributed by atoms with van der Waals surface area (Å²) in [6.07, 6.45) is 2.50. The minimum Gasteiger partial charge on any atom is -0.494 e. The van der Waals surface area contributed by atoms with Gasteiger partial charge >= 0.3 is 0 Å². The molecule has 0 aromatic heterocycles. The Morgan fingerprint density at radius 2 is 1.74 bits per heavy atom. The van der Waals surface area contributed by atoms with Crippen LogP contribution in [0.15, 0.2) is 42.5 Å². The Morgan fingerprint density at radius 3 is 2.32 bits per heavy atom. The highest BCUT2D eigenvalue weighted by atomic mass is 19.1. The number of halogens is 1. The predicted octanol–water partition coefficient (Wildman–Crippen LogP) is 4.55. The first-order chi connectivity index (χ1) is 9.14. The lowest BCUT2D eigenvalue weighted by Crippen LogP contribution is -1.99. The number of rotatable bonds is 3. The Hall–Kier alpha value is -1.83. The summed E-state index contributed by atoms with van der Waals surface area (Å²) in [5.41, 5.74) is 3.18. The number of hydrogen-bond acceptors (Lipinski definition) is 1. The van der Waals surface area contributed by atoms with Gasteiger partial charge in [0, 0.05) is 5.56 Å². The van der Waals surface area contributed by atoms with Gasteiger partial charge in [0.2, 0.25) is 0 Å². The molecule has 1 saturated carbocycles. The summed E-state index contributed by atoms with van der Waals surface area (Å²) in [5.74, 6) is -0.00823. The minimum absolute atomic E-state index is 0.288. The largest absolute Gasteiger partial charge is 0.494 e. The standard InChI is InChI=1S/C17H17FO/c1-17(10-11-17)13-8-6-12(7-9-13)14-4-3-5-15(19-2)16(14)18/h3-9H,10-11H2,1-2H3. The molecule has 2 aromatic carbocycles. The van der Waals surface area contributed by atoms with Crippen LogP contribution in [0.1, 0.15) is 25.3 Å². The third kappa shape index (κ3) is 2.12. The van der Waals surface area contributed by atoms with Gasteiger partial charge in [-0.25, -0.2) is 4.39 Å². The van der Waals surface area contributed by atoms with E-state index in [1.165, 1.54) is 25.5 Å². The normalized spacial score (nSPS) is 16.2. The van der Waals surface area contributed by atoms with Gasteiger partial charge in [-0.2, -0.15) is 0 Å². The number of benzene rings is 2. The number of hydrogen-bond donors (Lipinski definition) is 0. The summed E-state index contributed by atoms with van der Waals surface area (Å²) in [6, 6.07) is 13.5. The Kier molecular flexibility index (Phi) is 2.81. The van der Waals surface area contributed by atoms with E-state index in [0.717, 1.165) is 5.56 Å². The van der Waals surface area contributed by atoms with Gasteiger partial charge in [0.25, 0.3) is 0 Å². The molecule has 0 saturated heterocycles. The molecule has 0 heterocycles. The molecule has 0 N–H and O–H groups in total. The number of ether oxygens (including phenoxy) is 1. The average molecular weight is 256 g/mol. The monoisotopic (exact) mass is 256 g/mol. The van der Waals surface area contributed by atoms with Crippen molar-refractivity contribution in [3.63, 3.8) is 0 Å². The topological polar surface area (TPSA) is 9.23 Å². The van der Waals surface area contributed by atoms with Gasteiger partial charge in [-0.1, -0.05) is 43.3 Å².